The monoisotopic (exact) mass is 620 g/mol. The Hall–Kier alpha value is -6.21. The molecule has 0 saturated carbocycles. The third-order valence-electron chi connectivity index (χ3n) is 8.15. The predicted octanol–water partition coefficient (Wildman–Crippen LogP) is 7.89. The summed E-state index contributed by atoms with van der Waals surface area (Å²) >= 11 is 0. The number of nitrogens with zero attached hydrogens (tertiary/aromatic N) is 1. The Morgan fingerprint density at radius 2 is 1.45 bits per heavy atom. The van der Waals surface area contributed by atoms with Gasteiger partial charge in [-0.05, 0) is 77.2 Å². The van der Waals surface area contributed by atoms with E-state index in [0.29, 0.717) is 40.6 Å². The minimum atomic E-state index is -0.988. The van der Waals surface area contributed by atoms with Gasteiger partial charge in [-0.3, -0.25) is 0 Å². The van der Waals surface area contributed by atoms with Crippen LogP contribution in [0.2, 0.25) is 0 Å². The summed E-state index contributed by atoms with van der Waals surface area (Å²) in [5.74, 6) is 0.403. The van der Waals surface area contributed by atoms with Gasteiger partial charge in [0.15, 0.2) is 0 Å². The first kappa shape index (κ1) is 29.5. The molecule has 1 aliphatic carbocycles. The molecule has 0 amide bonds. The normalized spacial score (nSPS) is 11.1. The number of fused-ring (bicyclic) bond motifs is 4. The third kappa shape index (κ3) is 5.82. The molecule has 5 aromatic carbocycles. The fraction of sp³-hybridized carbons (Fsp3) is 0.0750. The van der Waals surface area contributed by atoms with Crippen LogP contribution < -0.4 is 19.4 Å². The molecule has 5 aromatic rings. The maximum absolute atomic E-state index is 12.4. The van der Waals surface area contributed by atoms with Gasteiger partial charge >= 0.3 is 11.9 Å². The van der Waals surface area contributed by atoms with E-state index in [4.69, 9.17) is 13.9 Å². The summed E-state index contributed by atoms with van der Waals surface area (Å²) in [5.41, 5.74) is 4.57. The van der Waals surface area contributed by atoms with Gasteiger partial charge in [0.05, 0.1) is 17.2 Å². The Balaban J connectivity index is 1.22. The maximum atomic E-state index is 12.4. The van der Waals surface area contributed by atoms with Crippen molar-refractivity contribution >= 4 is 33.7 Å². The van der Waals surface area contributed by atoms with Crippen molar-refractivity contribution in [2.24, 2.45) is 0 Å². The van der Waals surface area contributed by atoms with Crippen LogP contribution in [0.5, 0.6) is 11.5 Å². The molecule has 2 aliphatic rings. The molecule has 7 nitrogen and oxygen atoms in total. The van der Waals surface area contributed by atoms with Crippen LogP contribution in [-0.2, 0) is 6.61 Å². The average Bonchev–Trinajstić information content (AvgIpc) is 3.10. The topological polar surface area (TPSA) is 89.0 Å². The molecular formula is C40H30NO6+. The van der Waals surface area contributed by atoms with E-state index in [-0.39, 0.29) is 5.56 Å². The van der Waals surface area contributed by atoms with Crippen LogP contribution in [0.4, 0.5) is 0 Å². The Morgan fingerprint density at radius 1 is 0.723 bits per heavy atom. The second-order valence-corrected chi connectivity index (χ2v) is 11.4. The molecule has 1 N–H and O–H groups in total. The van der Waals surface area contributed by atoms with Crippen LogP contribution in [0.15, 0.2) is 132 Å². The molecule has 0 radical (unpaired) electrons. The standard InChI is InChI=1S/C40H29NO6/c1-41(2)28-15-20-34-36(23-28)47-38-31-21-18-30(22-27(31)14-19-35(38)37(34)32-10-6-7-11-33(32)39(42)43)45-24-25-12-16-29(17-13-25)46-40(44)26-8-4-3-5-9-26/h3-23H,24H2,1-2H3/p+1. The molecule has 0 saturated heterocycles. The van der Waals surface area contributed by atoms with E-state index >= 15 is 0 Å². The Bertz CT molecular complexity index is 2330. The zero-order chi connectivity index (χ0) is 32.5. The number of aromatic carboxylic acids is 1. The molecule has 0 atom stereocenters. The second-order valence-electron chi connectivity index (χ2n) is 11.4. The fourth-order valence-corrected chi connectivity index (χ4v) is 5.75. The van der Waals surface area contributed by atoms with Crippen molar-refractivity contribution in [3.63, 3.8) is 0 Å². The van der Waals surface area contributed by atoms with Gasteiger partial charge < -0.3 is 19.0 Å². The van der Waals surface area contributed by atoms with Crippen LogP contribution in [-0.4, -0.2) is 31.1 Å². The van der Waals surface area contributed by atoms with E-state index in [1.54, 1.807) is 48.5 Å². The molecule has 230 valence electrons. The largest absolute Gasteiger partial charge is 0.489 e. The molecule has 0 aromatic heterocycles. The van der Waals surface area contributed by atoms with Crippen molar-refractivity contribution in [1.29, 1.82) is 0 Å². The van der Waals surface area contributed by atoms with Crippen LogP contribution in [0.3, 0.4) is 0 Å². The molecule has 1 aliphatic heterocycles. The lowest BCUT2D eigenvalue weighted by Gasteiger charge is -2.18. The third-order valence-corrected chi connectivity index (χ3v) is 8.15. The smallest absolute Gasteiger partial charge is 0.343 e. The highest BCUT2D eigenvalue weighted by atomic mass is 16.5. The summed E-state index contributed by atoms with van der Waals surface area (Å²) in [6, 6.07) is 39.0. The van der Waals surface area contributed by atoms with E-state index in [2.05, 4.69) is 0 Å². The first-order valence-electron chi connectivity index (χ1n) is 15.1. The van der Waals surface area contributed by atoms with Gasteiger partial charge in [-0.1, -0.05) is 54.6 Å². The number of carboxylic acid groups (broad SMARTS) is 1. The number of benzene rings is 6. The Labute approximate surface area is 270 Å². The Morgan fingerprint density at radius 3 is 2.21 bits per heavy atom. The predicted molar refractivity (Wildman–Crippen MR) is 182 cm³/mol. The van der Waals surface area contributed by atoms with Gasteiger partial charge in [0.25, 0.3) is 0 Å². The minimum absolute atomic E-state index is 0.226. The minimum Gasteiger partial charge on any atom is -0.489 e. The summed E-state index contributed by atoms with van der Waals surface area (Å²) in [4.78, 5) is 24.6. The first-order valence-corrected chi connectivity index (χ1v) is 15.1. The zero-order valence-electron chi connectivity index (χ0n) is 25.8. The number of carbonyl (C=O) groups is 2. The number of esters is 1. The maximum Gasteiger partial charge on any atom is 0.343 e. The van der Waals surface area contributed by atoms with Crippen molar-refractivity contribution in [3.8, 4) is 33.9 Å². The number of carbonyl (C=O) groups excluding carboxylic acids is 1. The van der Waals surface area contributed by atoms with Gasteiger partial charge in [-0.25, -0.2) is 14.2 Å². The molecule has 0 bridgehead atoms. The van der Waals surface area contributed by atoms with E-state index < -0.39 is 11.9 Å². The van der Waals surface area contributed by atoms with Gasteiger partial charge in [-0.15, -0.1) is 0 Å². The molecule has 1 heterocycles. The molecule has 0 unspecified atom stereocenters. The molecule has 7 heteroatoms. The summed E-state index contributed by atoms with van der Waals surface area (Å²) < 4.78 is 20.2. The molecule has 0 fully saturated rings. The molecular weight excluding hydrogens is 590 g/mol. The van der Waals surface area contributed by atoms with Gasteiger partial charge in [0, 0.05) is 28.0 Å². The van der Waals surface area contributed by atoms with Crippen molar-refractivity contribution in [3.05, 3.63) is 149 Å². The van der Waals surface area contributed by atoms with E-state index in [1.165, 1.54) is 0 Å². The van der Waals surface area contributed by atoms with Crippen molar-refractivity contribution < 1.29 is 28.6 Å². The Kier molecular flexibility index (Phi) is 7.71. The fourth-order valence-electron chi connectivity index (χ4n) is 5.75. The van der Waals surface area contributed by atoms with Gasteiger partial charge in [0.1, 0.15) is 43.5 Å². The van der Waals surface area contributed by atoms with Crippen molar-refractivity contribution in [1.82, 2.24) is 4.58 Å². The number of hydrogen-bond donors (Lipinski definition) is 1. The van der Waals surface area contributed by atoms with Crippen LogP contribution >= 0.6 is 0 Å². The van der Waals surface area contributed by atoms with E-state index in [9.17, 15) is 14.7 Å². The summed E-state index contributed by atoms with van der Waals surface area (Å²) in [6.07, 6.45) is 0. The highest BCUT2D eigenvalue weighted by Crippen LogP contribution is 2.43. The van der Waals surface area contributed by atoms with Gasteiger partial charge in [0.2, 0.25) is 5.36 Å². The van der Waals surface area contributed by atoms with Crippen LogP contribution in [0, 0.1) is 0 Å². The zero-order valence-corrected chi connectivity index (χ0v) is 25.8. The lowest BCUT2D eigenvalue weighted by molar-refractivity contribution is 0.0695. The van der Waals surface area contributed by atoms with E-state index in [1.807, 2.05) is 97.5 Å². The van der Waals surface area contributed by atoms with E-state index in [0.717, 1.165) is 38.2 Å². The lowest BCUT2D eigenvalue weighted by atomic mass is 9.90. The molecule has 7 rings (SSSR count). The SMILES string of the molecule is C[N+](C)=c1ccc2c(-c3ccccc3C(=O)O)c3ccc4cc(OCc5ccc(OC(=O)c6ccccc6)cc5)ccc4c3oc-2c1. The average molecular weight is 621 g/mol. The first-order chi connectivity index (χ1) is 22.9. The summed E-state index contributed by atoms with van der Waals surface area (Å²) in [5, 5.41) is 13.6. The highest BCUT2D eigenvalue weighted by Gasteiger charge is 2.23. The van der Waals surface area contributed by atoms with Gasteiger partial charge in [-0.2, -0.15) is 0 Å². The number of hydrogen-bond acceptors (Lipinski definition) is 5. The molecule has 47 heavy (non-hydrogen) atoms. The lowest BCUT2D eigenvalue weighted by Crippen LogP contribution is -2.21. The molecule has 0 spiro atoms. The summed E-state index contributed by atoms with van der Waals surface area (Å²) in [7, 11) is 3.93. The van der Waals surface area contributed by atoms with Crippen molar-refractivity contribution in [2.45, 2.75) is 6.61 Å². The highest BCUT2D eigenvalue weighted by molar-refractivity contribution is 6.14. The summed E-state index contributed by atoms with van der Waals surface area (Å²) in [6.45, 7) is 0.324. The quantitative estimate of drug-likeness (QED) is 0.0641. The van der Waals surface area contributed by atoms with Crippen LogP contribution in [0.25, 0.3) is 44.2 Å². The number of carboxylic acids is 1. The van der Waals surface area contributed by atoms with Crippen LogP contribution in [0.1, 0.15) is 26.3 Å². The number of rotatable bonds is 7. The number of ether oxygens (including phenoxy) is 2. The second kappa shape index (κ2) is 12.3. The van der Waals surface area contributed by atoms with Crippen molar-refractivity contribution in [2.75, 3.05) is 14.1 Å².